The number of rotatable bonds is 6. The summed E-state index contributed by atoms with van der Waals surface area (Å²) in [6.45, 7) is 12.1. The second-order valence-corrected chi connectivity index (χ2v) is 8.17. The second-order valence-electron chi connectivity index (χ2n) is 8.17. The summed E-state index contributed by atoms with van der Waals surface area (Å²) < 4.78 is 10.4. The molecule has 2 aliphatic carbocycles. The molecule has 0 saturated heterocycles. The third-order valence-corrected chi connectivity index (χ3v) is 4.05. The van der Waals surface area contributed by atoms with Crippen LogP contribution in [-0.2, 0) is 19.1 Å². The lowest BCUT2D eigenvalue weighted by atomic mass is 9.97. The van der Waals surface area contributed by atoms with Crippen molar-refractivity contribution in [3.05, 3.63) is 0 Å². The topological polar surface area (TPSA) is 52.6 Å². The highest BCUT2D eigenvalue weighted by Crippen LogP contribution is 2.36. The zero-order chi connectivity index (χ0) is 17.6. The van der Waals surface area contributed by atoms with Gasteiger partial charge in [0.15, 0.2) is 0 Å². The first-order valence-electron chi connectivity index (χ1n) is 9.02. The Morgan fingerprint density at radius 3 is 2.00 bits per heavy atom. The predicted molar refractivity (Wildman–Crippen MR) is 90.9 cm³/mol. The smallest absolute Gasteiger partial charge is 0.311 e. The minimum Gasteiger partial charge on any atom is -0.465 e. The van der Waals surface area contributed by atoms with Gasteiger partial charge in [0.1, 0.15) is 6.10 Å². The third-order valence-electron chi connectivity index (χ3n) is 4.05. The van der Waals surface area contributed by atoms with Gasteiger partial charge in [-0.15, -0.1) is 0 Å². The van der Waals surface area contributed by atoms with Gasteiger partial charge in [-0.05, 0) is 64.7 Å². The van der Waals surface area contributed by atoms with E-state index in [0.29, 0.717) is 18.4 Å². The first kappa shape index (κ1) is 20.0. The van der Waals surface area contributed by atoms with Gasteiger partial charge in [0.25, 0.3) is 0 Å². The first-order valence-corrected chi connectivity index (χ1v) is 9.02. The largest absolute Gasteiger partial charge is 0.465 e. The molecule has 4 heteroatoms. The van der Waals surface area contributed by atoms with Crippen LogP contribution in [0.25, 0.3) is 0 Å². The van der Waals surface area contributed by atoms with Gasteiger partial charge in [0, 0.05) is 0 Å². The molecule has 0 amide bonds. The maximum absolute atomic E-state index is 11.2. The molecular weight excluding hydrogens is 292 g/mol. The van der Waals surface area contributed by atoms with Gasteiger partial charge in [0.05, 0.1) is 17.9 Å². The van der Waals surface area contributed by atoms with Crippen LogP contribution in [0.15, 0.2) is 0 Å². The molecule has 0 radical (unpaired) electrons. The van der Waals surface area contributed by atoms with Gasteiger partial charge in [-0.25, -0.2) is 0 Å². The van der Waals surface area contributed by atoms with Crippen LogP contribution in [0, 0.1) is 23.2 Å². The summed E-state index contributed by atoms with van der Waals surface area (Å²) in [6, 6.07) is 0. The Hall–Kier alpha value is -1.06. The summed E-state index contributed by atoms with van der Waals surface area (Å²) in [5, 5.41) is 0. The number of ether oxygens (including phenoxy) is 2. The molecule has 0 N–H and O–H groups in total. The van der Waals surface area contributed by atoms with Crippen LogP contribution in [0.3, 0.4) is 0 Å². The van der Waals surface area contributed by atoms with E-state index in [-0.39, 0.29) is 29.4 Å². The first-order chi connectivity index (χ1) is 10.6. The number of carbonyl (C=O) groups is 2. The van der Waals surface area contributed by atoms with Gasteiger partial charge >= 0.3 is 11.9 Å². The van der Waals surface area contributed by atoms with Gasteiger partial charge in [-0.3, -0.25) is 9.59 Å². The van der Waals surface area contributed by atoms with Crippen molar-refractivity contribution in [3.63, 3.8) is 0 Å². The van der Waals surface area contributed by atoms with E-state index in [1.165, 1.54) is 25.7 Å². The number of esters is 2. The number of carbonyl (C=O) groups excluding carboxylic acids is 2. The summed E-state index contributed by atoms with van der Waals surface area (Å²) in [6.07, 6.45) is 6.10. The standard InChI is InChI=1S/C10H18O2.C9H16O2/c1-4-9(8-5-6-8)12-10(11)7(2)3;1-9(2,3)8(10)11-6-7-4-5-7/h7-9H,4-6H2,1-3H3;7H,4-6H2,1-3H3/t9-;/m1./s1. The molecule has 2 fully saturated rings. The van der Waals surface area contributed by atoms with Crippen molar-refractivity contribution >= 4 is 11.9 Å². The Labute approximate surface area is 141 Å². The number of hydrogen-bond donors (Lipinski definition) is 0. The van der Waals surface area contributed by atoms with E-state index >= 15 is 0 Å². The van der Waals surface area contributed by atoms with Crippen molar-refractivity contribution in [2.24, 2.45) is 23.2 Å². The van der Waals surface area contributed by atoms with E-state index in [9.17, 15) is 9.59 Å². The fourth-order valence-corrected chi connectivity index (χ4v) is 1.96. The molecule has 0 aromatic rings. The Kier molecular flexibility index (Phi) is 7.56. The minimum atomic E-state index is -0.338. The molecule has 0 bridgehead atoms. The Balaban J connectivity index is 0.000000231. The van der Waals surface area contributed by atoms with E-state index in [2.05, 4.69) is 6.92 Å². The molecule has 0 aromatic carbocycles. The molecule has 2 rings (SSSR count). The fourth-order valence-electron chi connectivity index (χ4n) is 1.96. The SMILES string of the molecule is CC(C)(C)C(=O)OCC1CC1.CC[C@@H](OC(=O)C(C)C)C1CC1. The average Bonchev–Trinajstić information content (AvgIpc) is 3.34. The monoisotopic (exact) mass is 326 g/mol. The molecule has 0 heterocycles. The maximum atomic E-state index is 11.2. The molecule has 0 spiro atoms. The molecule has 0 aromatic heterocycles. The Morgan fingerprint density at radius 1 is 1.09 bits per heavy atom. The van der Waals surface area contributed by atoms with Crippen LogP contribution >= 0.6 is 0 Å². The highest BCUT2D eigenvalue weighted by atomic mass is 16.5. The van der Waals surface area contributed by atoms with Crippen LogP contribution in [-0.4, -0.2) is 24.6 Å². The normalized spacial score (nSPS) is 18.7. The zero-order valence-electron chi connectivity index (χ0n) is 15.7. The quantitative estimate of drug-likeness (QED) is 0.681. The van der Waals surface area contributed by atoms with Gasteiger partial charge < -0.3 is 9.47 Å². The molecular formula is C19H34O4. The van der Waals surface area contributed by atoms with Gasteiger partial charge in [-0.2, -0.15) is 0 Å². The van der Waals surface area contributed by atoms with Crippen molar-refractivity contribution in [2.75, 3.05) is 6.61 Å². The number of hydrogen-bond acceptors (Lipinski definition) is 4. The summed E-state index contributed by atoms with van der Waals surface area (Å²) in [7, 11) is 0. The van der Waals surface area contributed by atoms with Crippen LogP contribution in [0.1, 0.15) is 73.6 Å². The minimum absolute atomic E-state index is 0.0119. The Bertz CT molecular complexity index is 387. The summed E-state index contributed by atoms with van der Waals surface area (Å²) in [5.41, 5.74) is -0.338. The van der Waals surface area contributed by atoms with Crippen LogP contribution < -0.4 is 0 Å². The molecule has 2 aliphatic rings. The van der Waals surface area contributed by atoms with Crippen LogP contribution in [0.5, 0.6) is 0 Å². The predicted octanol–water partition coefficient (Wildman–Crippen LogP) is 4.36. The van der Waals surface area contributed by atoms with E-state index in [1.807, 2.05) is 34.6 Å². The van der Waals surface area contributed by atoms with Crippen molar-refractivity contribution in [3.8, 4) is 0 Å². The Morgan fingerprint density at radius 2 is 1.65 bits per heavy atom. The second kappa shape index (κ2) is 8.70. The summed E-state index contributed by atoms with van der Waals surface area (Å²) in [5.74, 6) is 1.22. The lowest BCUT2D eigenvalue weighted by Crippen LogP contribution is -2.23. The molecule has 23 heavy (non-hydrogen) atoms. The lowest BCUT2D eigenvalue weighted by molar-refractivity contribution is -0.154. The molecule has 2 saturated carbocycles. The van der Waals surface area contributed by atoms with Crippen molar-refractivity contribution < 1.29 is 19.1 Å². The lowest BCUT2D eigenvalue weighted by Gasteiger charge is -2.16. The van der Waals surface area contributed by atoms with E-state index in [1.54, 1.807) is 0 Å². The molecule has 0 unspecified atom stereocenters. The fraction of sp³-hybridized carbons (Fsp3) is 0.895. The van der Waals surface area contributed by atoms with Gasteiger partial charge in [0.2, 0.25) is 0 Å². The third kappa shape index (κ3) is 8.38. The molecule has 134 valence electrons. The summed E-state index contributed by atoms with van der Waals surface area (Å²) >= 11 is 0. The molecule has 1 atom stereocenters. The summed E-state index contributed by atoms with van der Waals surface area (Å²) in [4.78, 5) is 22.4. The van der Waals surface area contributed by atoms with Gasteiger partial charge in [-0.1, -0.05) is 20.8 Å². The average molecular weight is 326 g/mol. The molecule has 4 nitrogen and oxygen atoms in total. The van der Waals surface area contributed by atoms with E-state index in [4.69, 9.17) is 9.47 Å². The van der Waals surface area contributed by atoms with E-state index < -0.39 is 0 Å². The van der Waals surface area contributed by atoms with Crippen LogP contribution in [0.4, 0.5) is 0 Å². The highest BCUT2D eigenvalue weighted by Gasteiger charge is 2.33. The van der Waals surface area contributed by atoms with Crippen molar-refractivity contribution in [1.82, 2.24) is 0 Å². The van der Waals surface area contributed by atoms with Crippen molar-refractivity contribution in [1.29, 1.82) is 0 Å². The van der Waals surface area contributed by atoms with Crippen molar-refractivity contribution in [2.45, 2.75) is 79.8 Å². The van der Waals surface area contributed by atoms with E-state index in [0.717, 1.165) is 6.42 Å². The van der Waals surface area contributed by atoms with Crippen LogP contribution in [0.2, 0.25) is 0 Å². The highest BCUT2D eigenvalue weighted by molar-refractivity contribution is 5.75. The zero-order valence-corrected chi connectivity index (χ0v) is 15.7. The maximum Gasteiger partial charge on any atom is 0.311 e. The molecule has 0 aliphatic heterocycles.